The van der Waals surface area contributed by atoms with Crippen LogP contribution in [0, 0.1) is 14.2 Å². The summed E-state index contributed by atoms with van der Waals surface area (Å²) in [5.41, 5.74) is 0. The van der Waals surface area contributed by atoms with E-state index >= 15 is 0 Å². The van der Waals surface area contributed by atoms with Crippen molar-refractivity contribution in [3.05, 3.63) is 14.2 Å². The van der Waals surface area contributed by atoms with Crippen LogP contribution in [-0.2, 0) is 42.2 Å². The number of morpholine rings is 1. The van der Waals surface area contributed by atoms with Gasteiger partial charge in [0.2, 0.25) is 5.91 Å². The summed E-state index contributed by atoms with van der Waals surface area (Å²) in [6, 6.07) is 0. The van der Waals surface area contributed by atoms with Crippen molar-refractivity contribution >= 4 is 28.7 Å². The van der Waals surface area contributed by atoms with Crippen molar-refractivity contribution in [1.29, 1.82) is 0 Å². The third kappa shape index (κ3) is 9.37. The molecule has 7 heteroatoms. The Bertz CT molecular complexity index is 238. The van der Waals surface area contributed by atoms with Gasteiger partial charge in [-0.25, -0.2) is 0 Å². The smallest absolute Gasteiger partial charge is 0.228 e. The molecule has 17 heavy (non-hydrogen) atoms. The van der Waals surface area contributed by atoms with Crippen molar-refractivity contribution in [3.63, 3.8) is 0 Å². The van der Waals surface area contributed by atoms with Crippen molar-refractivity contribution in [3.8, 4) is 0 Å². The molecule has 1 saturated heterocycles. The monoisotopic (exact) mass is 332 g/mol. The Morgan fingerprint density at radius 3 is 2.94 bits per heavy atom. The third-order valence-electron chi connectivity index (χ3n) is 2.08. The Labute approximate surface area is 133 Å². The molecule has 1 aliphatic rings. The second-order valence-corrected chi connectivity index (χ2v) is 5.05. The summed E-state index contributed by atoms with van der Waals surface area (Å²) in [6.07, 6.45) is 0.0954. The van der Waals surface area contributed by atoms with Crippen LogP contribution in [0.5, 0.6) is 0 Å². The summed E-state index contributed by atoms with van der Waals surface area (Å²) in [7, 11) is -0.268. The van der Waals surface area contributed by atoms with Crippen molar-refractivity contribution in [2.75, 3.05) is 32.0 Å². The van der Waals surface area contributed by atoms with E-state index in [1.165, 1.54) is 0 Å². The summed E-state index contributed by atoms with van der Waals surface area (Å²) in [4.78, 5) is 11.4. The molecule has 2 unspecified atom stereocenters. The minimum Gasteiger partial charge on any atom is -0.374 e. The molecule has 0 spiro atoms. The van der Waals surface area contributed by atoms with E-state index < -0.39 is 0 Å². The molecule has 0 aromatic heterocycles. The van der Waals surface area contributed by atoms with Crippen LogP contribution in [0.25, 0.3) is 0 Å². The van der Waals surface area contributed by atoms with Gasteiger partial charge in [-0.05, 0) is 6.56 Å². The van der Waals surface area contributed by atoms with Crippen molar-refractivity contribution in [2.24, 2.45) is 0 Å². The largest absolute Gasteiger partial charge is 0.374 e. The first-order chi connectivity index (χ1) is 7.22. The van der Waals surface area contributed by atoms with Gasteiger partial charge in [-0.15, -0.1) is 0 Å². The van der Waals surface area contributed by atoms with Crippen LogP contribution in [0.1, 0.15) is 0 Å². The molecule has 1 heterocycles. The van der Waals surface area contributed by atoms with E-state index in [1.54, 1.807) is 6.56 Å². The van der Waals surface area contributed by atoms with Gasteiger partial charge in [0, 0.05) is 52.3 Å². The SMILES string of the molecule is C=S([B][CH2-])CC(=O)NCC1CNCCO1.[CH3-].[Y]. The van der Waals surface area contributed by atoms with Crippen molar-refractivity contribution in [2.45, 2.75) is 6.10 Å². The van der Waals surface area contributed by atoms with Gasteiger partial charge in [0.05, 0.1) is 18.5 Å². The van der Waals surface area contributed by atoms with Gasteiger partial charge >= 0.3 is 0 Å². The predicted octanol–water partition coefficient (Wildman–Crippen LogP) is -0.350. The zero-order chi connectivity index (χ0) is 11.1. The number of amides is 1. The molecule has 96 valence electrons. The van der Waals surface area contributed by atoms with Crippen LogP contribution in [0.15, 0.2) is 0 Å². The topological polar surface area (TPSA) is 50.4 Å². The Balaban J connectivity index is 0. The van der Waals surface area contributed by atoms with Gasteiger partial charge in [0.15, 0.2) is 0 Å². The minimum atomic E-state index is -0.268. The van der Waals surface area contributed by atoms with Gasteiger partial charge in [-0.1, -0.05) is 5.87 Å². The molecular formula is C10H20BN2O2SY-2. The maximum Gasteiger partial charge on any atom is 0.228 e. The van der Waals surface area contributed by atoms with E-state index in [0.717, 1.165) is 13.1 Å². The van der Waals surface area contributed by atoms with E-state index in [9.17, 15) is 4.79 Å². The average Bonchev–Trinajstić information content (AvgIpc) is 2.27. The summed E-state index contributed by atoms with van der Waals surface area (Å²) < 4.78 is 5.45. The van der Waals surface area contributed by atoms with Gasteiger partial charge < -0.3 is 29.6 Å². The second-order valence-electron chi connectivity index (χ2n) is 3.35. The van der Waals surface area contributed by atoms with Crippen LogP contribution in [0.4, 0.5) is 0 Å². The molecule has 1 fully saturated rings. The maximum atomic E-state index is 11.4. The summed E-state index contributed by atoms with van der Waals surface area (Å²) in [5, 5.41) is 6.04. The fourth-order valence-electron chi connectivity index (χ4n) is 1.26. The van der Waals surface area contributed by atoms with Crippen LogP contribution < -0.4 is 10.6 Å². The summed E-state index contributed by atoms with van der Waals surface area (Å²) in [6.45, 7) is 8.29. The number of carbonyl (C=O) groups is 1. The first-order valence-electron chi connectivity index (χ1n) is 4.93. The molecule has 2 atom stereocenters. The summed E-state index contributed by atoms with van der Waals surface area (Å²) in [5.74, 6) is 4.23. The van der Waals surface area contributed by atoms with Crippen LogP contribution in [0.3, 0.4) is 0 Å². The van der Waals surface area contributed by atoms with Gasteiger partial charge in [0.25, 0.3) is 0 Å². The zero-order valence-electron chi connectivity index (χ0n) is 10.4. The number of hydrogen-bond acceptors (Lipinski definition) is 3. The molecule has 1 aliphatic heterocycles. The van der Waals surface area contributed by atoms with E-state index in [0.29, 0.717) is 18.9 Å². The average molecular weight is 332 g/mol. The Kier molecular flexibility index (Phi) is 14.0. The molecule has 4 nitrogen and oxygen atoms in total. The van der Waals surface area contributed by atoms with E-state index in [2.05, 4.69) is 23.3 Å². The van der Waals surface area contributed by atoms with Crippen LogP contribution >= 0.6 is 10.3 Å². The number of carbonyl (C=O) groups excluding carboxylic acids is 1. The summed E-state index contributed by atoms with van der Waals surface area (Å²) >= 11 is 0. The normalized spacial score (nSPS) is 20.4. The molecule has 0 aromatic carbocycles. The van der Waals surface area contributed by atoms with Crippen LogP contribution in [0.2, 0.25) is 0 Å². The minimum absolute atomic E-state index is 0. The molecule has 0 bridgehead atoms. The predicted molar refractivity (Wildman–Crippen MR) is 72.7 cm³/mol. The van der Waals surface area contributed by atoms with E-state index in [1.807, 2.05) is 0 Å². The first-order valence-corrected chi connectivity index (χ1v) is 6.56. The molecular weight excluding hydrogens is 312 g/mol. The molecule has 0 saturated carbocycles. The fourth-order valence-corrected chi connectivity index (χ4v) is 1.81. The second kappa shape index (κ2) is 11.8. The first kappa shape index (κ1) is 20.1. The molecule has 2 N–H and O–H groups in total. The standard InChI is InChI=1S/C9H17BN2O2S.CH3.Y/c1-10-15(2)7-9(13)12-6-8-5-11-3-4-14-8;;/h8,11H,1-7H2,(H,12,13);1H3;/q2*-1;. The van der Waals surface area contributed by atoms with Gasteiger partial charge in [-0.3, -0.25) is 15.1 Å². The van der Waals surface area contributed by atoms with Crippen molar-refractivity contribution < 1.29 is 42.2 Å². The number of rotatable bonds is 5. The Morgan fingerprint density at radius 1 is 1.71 bits per heavy atom. The zero-order valence-corrected chi connectivity index (χ0v) is 14.1. The Morgan fingerprint density at radius 2 is 2.41 bits per heavy atom. The third-order valence-corrected chi connectivity index (χ3v) is 3.19. The molecule has 0 aliphatic carbocycles. The number of hydrogen-bond donors (Lipinski definition) is 2. The Hall–Kier alpha value is 0.779. The van der Waals surface area contributed by atoms with E-state index in [-0.39, 0.29) is 62.5 Å². The molecule has 0 aromatic rings. The van der Waals surface area contributed by atoms with Crippen LogP contribution in [-0.4, -0.2) is 56.4 Å². The van der Waals surface area contributed by atoms with E-state index in [4.69, 9.17) is 4.74 Å². The molecule has 1 rings (SSSR count). The molecule has 1 amide bonds. The number of nitrogens with one attached hydrogen (secondary N) is 2. The quantitative estimate of drug-likeness (QED) is 0.411. The van der Waals surface area contributed by atoms with Gasteiger partial charge in [0.1, 0.15) is 0 Å². The maximum absolute atomic E-state index is 11.4. The van der Waals surface area contributed by atoms with Gasteiger partial charge in [-0.2, -0.15) is 0 Å². The molecule has 2 radical (unpaired) electrons. The fraction of sp³-hybridized carbons (Fsp3) is 0.600. The number of ether oxygens (including phenoxy) is 1. The van der Waals surface area contributed by atoms with Crippen molar-refractivity contribution in [1.82, 2.24) is 10.6 Å².